The highest BCUT2D eigenvalue weighted by Gasteiger charge is 2.15. The maximum atomic E-state index is 13.3. The average Bonchev–Trinajstić information content (AvgIpc) is 2.99. The number of rotatable bonds is 3. The van der Waals surface area contributed by atoms with Crippen LogP contribution in [0.4, 0.5) is 4.39 Å². The lowest BCUT2D eigenvalue weighted by atomic mass is 10.1. The van der Waals surface area contributed by atoms with Crippen LogP contribution < -0.4 is 11.1 Å². The lowest BCUT2D eigenvalue weighted by Crippen LogP contribution is -2.27. The SMILES string of the molecule is CC(NC(=O)c1ccc(F)cc1C#CCN)c1ccsc1. The zero-order valence-corrected chi connectivity index (χ0v) is 12.3. The second-order valence-electron chi connectivity index (χ2n) is 4.45. The third-order valence-corrected chi connectivity index (χ3v) is 3.64. The number of benzene rings is 1. The van der Waals surface area contributed by atoms with Gasteiger partial charge in [-0.05, 0) is 47.5 Å². The van der Waals surface area contributed by atoms with Crippen LogP contribution in [0.1, 0.15) is 34.5 Å². The molecule has 0 fully saturated rings. The molecule has 0 aliphatic rings. The zero-order valence-electron chi connectivity index (χ0n) is 11.5. The maximum absolute atomic E-state index is 13.3. The molecule has 0 aliphatic carbocycles. The highest BCUT2D eigenvalue weighted by Crippen LogP contribution is 2.17. The van der Waals surface area contributed by atoms with Crippen molar-refractivity contribution in [2.45, 2.75) is 13.0 Å². The summed E-state index contributed by atoms with van der Waals surface area (Å²) in [6.45, 7) is 2.05. The largest absolute Gasteiger partial charge is 0.345 e. The number of nitrogens with one attached hydrogen (secondary N) is 1. The summed E-state index contributed by atoms with van der Waals surface area (Å²) < 4.78 is 13.3. The van der Waals surface area contributed by atoms with Crippen molar-refractivity contribution in [2.75, 3.05) is 6.54 Å². The van der Waals surface area contributed by atoms with Crippen molar-refractivity contribution in [3.8, 4) is 11.8 Å². The summed E-state index contributed by atoms with van der Waals surface area (Å²) in [5.74, 6) is 4.66. The minimum Gasteiger partial charge on any atom is -0.345 e. The molecule has 108 valence electrons. The van der Waals surface area contributed by atoms with Gasteiger partial charge in [-0.25, -0.2) is 4.39 Å². The lowest BCUT2D eigenvalue weighted by molar-refractivity contribution is 0.0939. The molecule has 1 amide bonds. The molecule has 1 unspecified atom stereocenters. The minimum absolute atomic E-state index is 0.121. The summed E-state index contributed by atoms with van der Waals surface area (Å²) in [7, 11) is 0. The van der Waals surface area contributed by atoms with Gasteiger partial charge < -0.3 is 11.1 Å². The van der Waals surface area contributed by atoms with E-state index in [1.807, 2.05) is 23.8 Å². The highest BCUT2D eigenvalue weighted by molar-refractivity contribution is 7.07. The lowest BCUT2D eigenvalue weighted by Gasteiger charge is -2.13. The standard InChI is InChI=1S/C16H15FN2OS/c1-11(13-6-8-21-10-13)19-16(20)15-5-4-14(17)9-12(15)3-2-7-18/h4-6,8-11H,7,18H2,1H3,(H,19,20). The zero-order chi connectivity index (χ0) is 15.2. The van der Waals surface area contributed by atoms with Gasteiger partial charge in [-0.15, -0.1) is 0 Å². The predicted molar refractivity (Wildman–Crippen MR) is 82.5 cm³/mol. The number of carbonyl (C=O) groups excluding carboxylic acids is 1. The van der Waals surface area contributed by atoms with E-state index in [0.717, 1.165) is 5.56 Å². The Morgan fingerprint density at radius 3 is 2.95 bits per heavy atom. The van der Waals surface area contributed by atoms with Gasteiger partial charge in [-0.1, -0.05) is 11.8 Å². The summed E-state index contributed by atoms with van der Waals surface area (Å²) in [4.78, 5) is 12.3. The molecule has 0 bridgehead atoms. The number of carbonyl (C=O) groups is 1. The van der Waals surface area contributed by atoms with Crippen LogP contribution in [0.15, 0.2) is 35.0 Å². The highest BCUT2D eigenvalue weighted by atomic mass is 32.1. The smallest absolute Gasteiger partial charge is 0.253 e. The normalized spacial score (nSPS) is 11.4. The van der Waals surface area contributed by atoms with Gasteiger partial charge in [0.2, 0.25) is 0 Å². The predicted octanol–water partition coefficient (Wildman–Crippen LogP) is 2.69. The van der Waals surface area contributed by atoms with E-state index in [9.17, 15) is 9.18 Å². The van der Waals surface area contributed by atoms with Crippen molar-refractivity contribution < 1.29 is 9.18 Å². The minimum atomic E-state index is -0.432. The van der Waals surface area contributed by atoms with Gasteiger partial charge in [0, 0.05) is 5.56 Å². The third-order valence-electron chi connectivity index (χ3n) is 2.94. The van der Waals surface area contributed by atoms with Crippen molar-refractivity contribution in [3.05, 3.63) is 57.5 Å². The number of hydrogen-bond donors (Lipinski definition) is 2. The van der Waals surface area contributed by atoms with Crippen LogP contribution in [0.5, 0.6) is 0 Å². The first kappa shape index (κ1) is 15.2. The van der Waals surface area contributed by atoms with Crippen molar-refractivity contribution in [2.24, 2.45) is 5.73 Å². The van der Waals surface area contributed by atoms with Crippen molar-refractivity contribution >= 4 is 17.2 Å². The Morgan fingerprint density at radius 1 is 1.48 bits per heavy atom. The molecule has 0 saturated carbocycles. The Labute approximate surface area is 127 Å². The summed E-state index contributed by atoms with van der Waals surface area (Å²) in [6, 6.07) is 5.76. The summed E-state index contributed by atoms with van der Waals surface area (Å²) in [5, 5.41) is 6.81. The van der Waals surface area contributed by atoms with Crippen molar-refractivity contribution in [1.29, 1.82) is 0 Å². The van der Waals surface area contributed by atoms with Crippen LogP contribution in [-0.2, 0) is 0 Å². The molecule has 21 heavy (non-hydrogen) atoms. The van der Waals surface area contributed by atoms with Gasteiger partial charge in [0.25, 0.3) is 5.91 Å². The molecule has 0 aliphatic heterocycles. The van der Waals surface area contributed by atoms with Gasteiger partial charge in [-0.2, -0.15) is 11.3 Å². The molecule has 1 aromatic heterocycles. The van der Waals surface area contributed by atoms with E-state index in [4.69, 9.17) is 5.73 Å². The van der Waals surface area contributed by atoms with Crippen molar-refractivity contribution in [3.63, 3.8) is 0 Å². The number of halogens is 1. The van der Waals surface area contributed by atoms with E-state index in [1.165, 1.54) is 18.2 Å². The molecule has 1 atom stereocenters. The Hall–Kier alpha value is -2.16. The molecule has 5 heteroatoms. The van der Waals surface area contributed by atoms with E-state index < -0.39 is 5.82 Å². The topological polar surface area (TPSA) is 55.1 Å². The Kier molecular flexibility index (Phi) is 5.09. The molecule has 1 aromatic carbocycles. The Morgan fingerprint density at radius 2 is 2.29 bits per heavy atom. The number of nitrogens with two attached hydrogens (primary N) is 1. The van der Waals surface area contributed by atoms with Crippen molar-refractivity contribution in [1.82, 2.24) is 5.32 Å². The number of hydrogen-bond acceptors (Lipinski definition) is 3. The van der Waals surface area contributed by atoms with E-state index in [1.54, 1.807) is 11.3 Å². The summed E-state index contributed by atoms with van der Waals surface area (Å²) >= 11 is 1.57. The van der Waals surface area contributed by atoms with Crippen LogP contribution in [0, 0.1) is 17.7 Å². The van der Waals surface area contributed by atoms with E-state index in [0.29, 0.717) is 11.1 Å². The van der Waals surface area contributed by atoms with Crippen LogP contribution in [0.3, 0.4) is 0 Å². The molecular formula is C16H15FN2OS. The first-order valence-corrected chi connectivity index (χ1v) is 7.37. The van der Waals surface area contributed by atoms with Gasteiger partial charge in [0.15, 0.2) is 0 Å². The molecule has 2 rings (SSSR count). The molecule has 0 radical (unpaired) electrons. The fraction of sp³-hybridized carbons (Fsp3) is 0.188. The summed E-state index contributed by atoms with van der Waals surface area (Å²) in [6.07, 6.45) is 0. The molecule has 1 heterocycles. The first-order chi connectivity index (χ1) is 10.1. The second-order valence-corrected chi connectivity index (χ2v) is 5.23. The van der Waals surface area contributed by atoms with Gasteiger partial charge in [0.1, 0.15) is 5.82 Å². The summed E-state index contributed by atoms with van der Waals surface area (Å²) in [5.41, 5.74) is 7.04. The first-order valence-electron chi connectivity index (χ1n) is 6.43. The van der Waals surface area contributed by atoms with Gasteiger partial charge in [0.05, 0.1) is 18.2 Å². The maximum Gasteiger partial charge on any atom is 0.253 e. The second kappa shape index (κ2) is 7.02. The third kappa shape index (κ3) is 3.91. The number of amides is 1. The molecule has 0 spiro atoms. The molecule has 3 N–H and O–H groups in total. The Balaban J connectivity index is 2.22. The number of thiophene rings is 1. The van der Waals surface area contributed by atoms with Crippen LogP contribution >= 0.6 is 11.3 Å². The molecule has 0 saturated heterocycles. The van der Waals surface area contributed by atoms with Gasteiger partial charge in [-0.3, -0.25) is 4.79 Å². The fourth-order valence-corrected chi connectivity index (χ4v) is 2.60. The Bertz CT molecular complexity index is 686. The molecule has 2 aromatic rings. The van der Waals surface area contributed by atoms with E-state index >= 15 is 0 Å². The monoisotopic (exact) mass is 302 g/mol. The van der Waals surface area contributed by atoms with Crippen LogP contribution in [-0.4, -0.2) is 12.5 Å². The molecule has 3 nitrogen and oxygen atoms in total. The van der Waals surface area contributed by atoms with Crippen LogP contribution in [0.25, 0.3) is 0 Å². The van der Waals surface area contributed by atoms with E-state index in [-0.39, 0.29) is 18.5 Å². The average molecular weight is 302 g/mol. The fourth-order valence-electron chi connectivity index (χ4n) is 1.84. The van der Waals surface area contributed by atoms with Gasteiger partial charge >= 0.3 is 0 Å². The van der Waals surface area contributed by atoms with E-state index in [2.05, 4.69) is 17.2 Å². The molecular weight excluding hydrogens is 287 g/mol. The van der Waals surface area contributed by atoms with Crippen LogP contribution in [0.2, 0.25) is 0 Å². The quantitative estimate of drug-likeness (QED) is 0.857.